The van der Waals surface area contributed by atoms with E-state index in [0.717, 1.165) is 38.4 Å². The molecule has 1 unspecified atom stereocenters. The van der Waals surface area contributed by atoms with E-state index < -0.39 is 0 Å². The molecule has 4 nitrogen and oxygen atoms in total. The molecule has 1 atom stereocenters. The number of imidazole rings is 1. The van der Waals surface area contributed by atoms with E-state index >= 15 is 0 Å². The zero-order valence-electron chi connectivity index (χ0n) is 8.97. The van der Waals surface area contributed by atoms with Gasteiger partial charge in [-0.1, -0.05) is 6.08 Å². The van der Waals surface area contributed by atoms with Crippen LogP contribution in [0.4, 0.5) is 5.95 Å². The third kappa shape index (κ3) is 2.21. The highest BCUT2D eigenvalue weighted by molar-refractivity contribution is 5.32. The molecule has 0 aromatic carbocycles. The van der Waals surface area contributed by atoms with E-state index in [0.29, 0.717) is 0 Å². The second-order valence-corrected chi connectivity index (χ2v) is 4.02. The molecule has 0 aliphatic carbocycles. The predicted molar refractivity (Wildman–Crippen MR) is 61.8 cm³/mol. The van der Waals surface area contributed by atoms with Gasteiger partial charge in [0.25, 0.3) is 0 Å². The van der Waals surface area contributed by atoms with Crippen LogP contribution in [0.25, 0.3) is 0 Å². The highest BCUT2D eigenvalue weighted by atomic mass is 15.3. The lowest BCUT2D eigenvalue weighted by Crippen LogP contribution is -2.43. The van der Waals surface area contributed by atoms with Gasteiger partial charge in [0.05, 0.1) is 0 Å². The van der Waals surface area contributed by atoms with Crippen LogP contribution in [0.2, 0.25) is 0 Å². The number of hydrogen-bond acceptors (Lipinski definition) is 3. The summed E-state index contributed by atoms with van der Waals surface area (Å²) in [5.74, 6) is 1.02. The number of piperidine rings is 1. The number of aromatic nitrogens is 2. The molecule has 2 rings (SSSR count). The molecular formula is C11H18N4. The van der Waals surface area contributed by atoms with Gasteiger partial charge in [0, 0.05) is 38.1 Å². The number of hydrogen-bond donors (Lipinski definition) is 1. The monoisotopic (exact) mass is 206 g/mol. The number of nitrogens with zero attached hydrogens (tertiary/aromatic N) is 3. The predicted octanol–water partition coefficient (Wildman–Crippen LogP) is 0.997. The van der Waals surface area contributed by atoms with E-state index in [4.69, 9.17) is 5.73 Å². The molecule has 2 heterocycles. The van der Waals surface area contributed by atoms with E-state index in [1.54, 1.807) is 0 Å². The van der Waals surface area contributed by atoms with Crippen molar-refractivity contribution >= 4 is 5.95 Å². The maximum atomic E-state index is 5.96. The van der Waals surface area contributed by atoms with Crippen molar-refractivity contribution in [1.29, 1.82) is 0 Å². The Kier molecular flexibility index (Phi) is 3.06. The number of rotatable bonds is 3. The Labute approximate surface area is 90.4 Å². The zero-order chi connectivity index (χ0) is 10.7. The summed E-state index contributed by atoms with van der Waals surface area (Å²) in [6.45, 7) is 6.52. The summed E-state index contributed by atoms with van der Waals surface area (Å²) in [6.07, 6.45) is 7.98. The first-order chi connectivity index (χ1) is 7.31. The van der Waals surface area contributed by atoms with Crippen molar-refractivity contribution in [2.75, 3.05) is 18.0 Å². The van der Waals surface area contributed by atoms with Gasteiger partial charge in [-0.2, -0.15) is 0 Å². The molecule has 0 spiro atoms. The van der Waals surface area contributed by atoms with Crippen LogP contribution in [0.1, 0.15) is 12.8 Å². The first-order valence-electron chi connectivity index (χ1n) is 5.44. The largest absolute Gasteiger partial charge is 0.341 e. The summed E-state index contributed by atoms with van der Waals surface area (Å²) in [6, 6.07) is 0.285. The van der Waals surface area contributed by atoms with Gasteiger partial charge in [-0.15, -0.1) is 6.58 Å². The van der Waals surface area contributed by atoms with Crippen LogP contribution in [-0.2, 0) is 6.54 Å². The van der Waals surface area contributed by atoms with Crippen molar-refractivity contribution in [3.63, 3.8) is 0 Å². The minimum Gasteiger partial charge on any atom is -0.341 e. The van der Waals surface area contributed by atoms with Crippen LogP contribution in [0.15, 0.2) is 25.0 Å². The topological polar surface area (TPSA) is 47.1 Å². The van der Waals surface area contributed by atoms with Crippen molar-refractivity contribution in [1.82, 2.24) is 9.55 Å². The fourth-order valence-corrected chi connectivity index (χ4v) is 2.06. The maximum absolute atomic E-state index is 5.96. The maximum Gasteiger partial charge on any atom is 0.205 e. The van der Waals surface area contributed by atoms with E-state index in [-0.39, 0.29) is 6.04 Å². The average molecular weight is 206 g/mol. The highest BCUT2D eigenvalue weighted by Crippen LogP contribution is 2.17. The molecule has 0 saturated carbocycles. The van der Waals surface area contributed by atoms with Crippen LogP contribution in [0.5, 0.6) is 0 Å². The fourth-order valence-electron chi connectivity index (χ4n) is 2.06. The fraction of sp³-hybridized carbons (Fsp3) is 0.545. The molecule has 1 saturated heterocycles. The molecular weight excluding hydrogens is 188 g/mol. The van der Waals surface area contributed by atoms with Gasteiger partial charge in [0.1, 0.15) is 0 Å². The SMILES string of the molecule is C=CCn1ccnc1N1CCCC(N)C1. The van der Waals surface area contributed by atoms with Crippen molar-refractivity contribution in [3.05, 3.63) is 25.0 Å². The van der Waals surface area contributed by atoms with Gasteiger partial charge in [0.15, 0.2) is 0 Å². The Balaban J connectivity index is 2.13. The first-order valence-corrected chi connectivity index (χ1v) is 5.44. The van der Waals surface area contributed by atoms with Crippen molar-refractivity contribution < 1.29 is 0 Å². The van der Waals surface area contributed by atoms with Crippen molar-refractivity contribution in [2.24, 2.45) is 5.73 Å². The quantitative estimate of drug-likeness (QED) is 0.750. The molecule has 1 aliphatic rings. The summed E-state index contributed by atoms with van der Waals surface area (Å²) in [5, 5.41) is 0. The van der Waals surface area contributed by atoms with Gasteiger partial charge in [-0.25, -0.2) is 4.98 Å². The van der Waals surface area contributed by atoms with Crippen molar-refractivity contribution in [2.45, 2.75) is 25.4 Å². The van der Waals surface area contributed by atoms with Gasteiger partial charge in [-0.3, -0.25) is 0 Å². The second-order valence-electron chi connectivity index (χ2n) is 4.02. The third-order valence-electron chi connectivity index (χ3n) is 2.76. The van der Waals surface area contributed by atoms with E-state index in [1.165, 1.54) is 0 Å². The molecule has 1 aliphatic heterocycles. The van der Waals surface area contributed by atoms with E-state index in [9.17, 15) is 0 Å². The van der Waals surface area contributed by atoms with Gasteiger partial charge in [-0.05, 0) is 12.8 Å². The van der Waals surface area contributed by atoms with Gasteiger partial charge in [0.2, 0.25) is 5.95 Å². The molecule has 15 heavy (non-hydrogen) atoms. The number of nitrogens with two attached hydrogens (primary N) is 1. The number of anilines is 1. The molecule has 1 aromatic heterocycles. The normalized spacial score (nSPS) is 21.7. The lowest BCUT2D eigenvalue weighted by Gasteiger charge is -2.31. The molecule has 0 amide bonds. The van der Waals surface area contributed by atoms with Crippen molar-refractivity contribution in [3.8, 4) is 0 Å². The Hall–Kier alpha value is -1.29. The Morgan fingerprint density at radius 2 is 2.53 bits per heavy atom. The molecule has 4 heteroatoms. The molecule has 1 aromatic rings. The lowest BCUT2D eigenvalue weighted by molar-refractivity contribution is 0.495. The minimum absolute atomic E-state index is 0.285. The van der Waals surface area contributed by atoms with E-state index in [1.807, 2.05) is 18.5 Å². The summed E-state index contributed by atoms with van der Waals surface area (Å²) in [5.41, 5.74) is 5.96. The summed E-state index contributed by atoms with van der Waals surface area (Å²) >= 11 is 0. The van der Waals surface area contributed by atoms with E-state index in [2.05, 4.69) is 21.0 Å². The average Bonchev–Trinajstić information content (AvgIpc) is 2.66. The smallest absolute Gasteiger partial charge is 0.205 e. The standard InChI is InChI=1S/C11H18N4/c1-2-6-14-8-5-13-11(14)15-7-3-4-10(12)9-15/h2,5,8,10H,1,3-4,6-7,9,12H2. The number of allylic oxidation sites excluding steroid dienone is 1. The Morgan fingerprint density at radius 1 is 1.67 bits per heavy atom. The van der Waals surface area contributed by atoms with Crippen LogP contribution in [0, 0.1) is 0 Å². The van der Waals surface area contributed by atoms with Crippen LogP contribution >= 0.6 is 0 Å². The van der Waals surface area contributed by atoms with Crippen LogP contribution < -0.4 is 10.6 Å². The molecule has 2 N–H and O–H groups in total. The van der Waals surface area contributed by atoms with Gasteiger partial charge >= 0.3 is 0 Å². The minimum atomic E-state index is 0.285. The summed E-state index contributed by atoms with van der Waals surface area (Å²) < 4.78 is 2.10. The lowest BCUT2D eigenvalue weighted by atomic mass is 10.1. The Morgan fingerprint density at radius 3 is 3.27 bits per heavy atom. The van der Waals surface area contributed by atoms with Crippen LogP contribution in [0.3, 0.4) is 0 Å². The van der Waals surface area contributed by atoms with Crippen LogP contribution in [-0.4, -0.2) is 28.7 Å². The second kappa shape index (κ2) is 4.49. The summed E-state index contributed by atoms with van der Waals surface area (Å²) in [7, 11) is 0. The first kappa shape index (κ1) is 10.2. The van der Waals surface area contributed by atoms with Gasteiger partial charge < -0.3 is 15.2 Å². The molecule has 0 radical (unpaired) electrons. The third-order valence-corrected chi connectivity index (χ3v) is 2.76. The molecule has 0 bridgehead atoms. The highest BCUT2D eigenvalue weighted by Gasteiger charge is 2.19. The zero-order valence-corrected chi connectivity index (χ0v) is 8.97. The summed E-state index contributed by atoms with van der Waals surface area (Å²) in [4.78, 5) is 6.64. The Bertz CT molecular complexity index is 331. The molecule has 1 fully saturated rings. The molecule has 82 valence electrons.